The molecular weight excluding hydrogens is 487 g/mol. The van der Waals surface area contributed by atoms with Crippen LogP contribution in [0.5, 0.6) is 17.2 Å². The van der Waals surface area contributed by atoms with Crippen molar-refractivity contribution in [1.82, 2.24) is 0 Å². The fraction of sp³-hybridized carbons (Fsp3) is 0.387. The van der Waals surface area contributed by atoms with Gasteiger partial charge in [0.15, 0.2) is 0 Å². The van der Waals surface area contributed by atoms with E-state index in [1.165, 1.54) is 6.07 Å². The van der Waals surface area contributed by atoms with Crippen molar-refractivity contribution in [3.05, 3.63) is 76.1 Å². The Kier molecular flexibility index (Phi) is 6.48. The van der Waals surface area contributed by atoms with E-state index in [1.54, 1.807) is 6.07 Å². The minimum absolute atomic E-state index is 0.0259. The number of fused-ring (bicyclic) bond motifs is 2. The maximum atomic E-state index is 15.2. The van der Waals surface area contributed by atoms with Crippen molar-refractivity contribution in [2.75, 3.05) is 19.8 Å². The normalized spacial score (nSPS) is 21.6. The van der Waals surface area contributed by atoms with Crippen LogP contribution in [0.15, 0.2) is 42.5 Å². The van der Waals surface area contributed by atoms with Gasteiger partial charge in [0, 0.05) is 29.5 Å². The Balaban J connectivity index is 1.27. The van der Waals surface area contributed by atoms with Crippen molar-refractivity contribution in [1.29, 1.82) is 0 Å². The molecule has 1 aliphatic carbocycles. The van der Waals surface area contributed by atoms with E-state index in [1.807, 2.05) is 18.2 Å². The highest BCUT2D eigenvalue weighted by molar-refractivity contribution is 5.76. The Labute approximate surface area is 221 Å². The molecule has 1 fully saturated rings. The standard InChI is InChI=1S/C31H31FO6/c1-17-11-22(37-21-9-10-35-16-21)12-18(2)30(17)24-5-7-26(32)31-25(24)6-8-27(31)38-20-3-4-23-19(13-29(33)34)15-36-28(23)14-20/h3-5,7,11-12,14,19,21,27H,6,8-10,13,15-16H2,1-2H3,(H,33,34)/t19-,21-,27-/m1/s1. The number of rotatable bonds is 7. The van der Waals surface area contributed by atoms with Gasteiger partial charge in [-0.1, -0.05) is 12.1 Å². The van der Waals surface area contributed by atoms with Crippen LogP contribution in [0.1, 0.15) is 59.1 Å². The van der Waals surface area contributed by atoms with E-state index in [9.17, 15) is 4.79 Å². The molecule has 0 bridgehead atoms. The second-order valence-corrected chi connectivity index (χ2v) is 10.5. The van der Waals surface area contributed by atoms with E-state index in [0.29, 0.717) is 43.1 Å². The second-order valence-electron chi connectivity index (χ2n) is 10.5. The van der Waals surface area contributed by atoms with Gasteiger partial charge in [0.05, 0.1) is 26.2 Å². The number of hydrogen-bond acceptors (Lipinski definition) is 5. The topological polar surface area (TPSA) is 74.2 Å². The molecule has 0 radical (unpaired) electrons. The average molecular weight is 519 g/mol. The number of halogens is 1. The molecule has 0 spiro atoms. The molecule has 6 nitrogen and oxygen atoms in total. The number of hydrogen-bond donors (Lipinski definition) is 1. The number of ether oxygens (including phenoxy) is 4. The average Bonchev–Trinajstić information content (AvgIpc) is 3.61. The third-order valence-electron chi connectivity index (χ3n) is 7.81. The summed E-state index contributed by atoms with van der Waals surface area (Å²) in [5.74, 6) is 0.784. The minimum Gasteiger partial charge on any atom is -0.492 e. The van der Waals surface area contributed by atoms with Crippen LogP contribution in [0.3, 0.4) is 0 Å². The SMILES string of the molecule is Cc1cc(O[C@@H]2CCOC2)cc(C)c1-c1ccc(F)c2c1CC[C@H]2Oc1ccc2c(c1)OC[C@H]2CC(=O)O. The molecule has 0 unspecified atom stereocenters. The van der Waals surface area contributed by atoms with Crippen LogP contribution in [0.25, 0.3) is 11.1 Å². The zero-order valence-electron chi connectivity index (χ0n) is 21.6. The van der Waals surface area contributed by atoms with Crippen molar-refractivity contribution in [2.24, 2.45) is 0 Å². The lowest BCUT2D eigenvalue weighted by Gasteiger charge is -2.20. The minimum atomic E-state index is -0.850. The monoisotopic (exact) mass is 518 g/mol. The molecule has 2 heterocycles. The number of carboxylic acid groups (broad SMARTS) is 1. The molecule has 2 aliphatic heterocycles. The van der Waals surface area contributed by atoms with Crippen LogP contribution < -0.4 is 14.2 Å². The number of aliphatic carboxylic acids is 1. The van der Waals surface area contributed by atoms with Gasteiger partial charge in [-0.05, 0) is 78.8 Å². The van der Waals surface area contributed by atoms with Crippen molar-refractivity contribution in [2.45, 2.75) is 57.7 Å². The molecule has 3 atom stereocenters. The van der Waals surface area contributed by atoms with Gasteiger partial charge in [-0.2, -0.15) is 0 Å². The molecule has 1 saturated heterocycles. The molecule has 38 heavy (non-hydrogen) atoms. The molecule has 3 aromatic carbocycles. The zero-order chi connectivity index (χ0) is 26.4. The number of carboxylic acids is 1. The highest BCUT2D eigenvalue weighted by Gasteiger charge is 2.32. The summed E-state index contributed by atoms with van der Waals surface area (Å²) in [4.78, 5) is 11.1. The maximum absolute atomic E-state index is 15.2. The van der Waals surface area contributed by atoms with Crippen molar-refractivity contribution in [3.8, 4) is 28.4 Å². The van der Waals surface area contributed by atoms with E-state index in [0.717, 1.165) is 52.2 Å². The van der Waals surface area contributed by atoms with Crippen LogP contribution in [-0.2, 0) is 16.0 Å². The van der Waals surface area contributed by atoms with E-state index in [-0.39, 0.29) is 24.3 Å². The third kappa shape index (κ3) is 4.60. The Morgan fingerprint density at radius 3 is 2.58 bits per heavy atom. The van der Waals surface area contributed by atoms with Gasteiger partial charge >= 0.3 is 5.97 Å². The molecule has 0 aromatic heterocycles. The van der Waals surface area contributed by atoms with Gasteiger partial charge in [-0.3, -0.25) is 4.79 Å². The summed E-state index contributed by atoms with van der Waals surface area (Å²) < 4.78 is 38.8. The first kappa shape index (κ1) is 24.7. The number of carbonyl (C=O) groups is 1. The zero-order valence-corrected chi connectivity index (χ0v) is 21.6. The molecule has 3 aliphatic rings. The Morgan fingerprint density at radius 1 is 1.03 bits per heavy atom. The predicted molar refractivity (Wildman–Crippen MR) is 140 cm³/mol. The van der Waals surface area contributed by atoms with Gasteiger partial charge in [-0.25, -0.2) is 4.39 Å². The smallest absolute Gasteiger partial charge is 0.304 e. The fourth-order valence-corrected chi connectivity index (χ4v) is 6.11. The number of benzene rings is 3. The highest BCUT2D eigenvalue weighted by atomic mass is 19.1. The summed E-state index contributed by atoms with van der Waals surface area (Å²) in [5, 5.41) is 9.15. The van der Waals surface area contributed by atoms with Crippen LogP contribution in [0, 0.1) is 19.7 Å². The maximum Gasteiger partial charge on any atom is 0.304 e. The molecule has 1 N–H and O–H groups in total. The first-order chi connectivity index (χ1) is 18.4. The van der Waals surface area contributed by atoms with Gasteiger partial charge in [0.1, 0.15) is 35.3 Å². The number of aryl methyl sites for hydroxylation is 2. The van der Waals surface area contributed by atoms with Gasteiger partial charge in [0.25, 0.3) is 0 Å². The summed E-state index contributed by atoms with van der Waals surface area (Å²) in [6.45, 7) is 5.83. The van der Waals surface area contributed by atoms with Crippen LogP contribution in [0.4, 0.5) is 4.39 Å². The van der Waals surface area contributed by atoms with Crippen molar-refractivity contribution < 1.29 is 33.2 Å². The lowest BCUT2D eigenvalue weighted by atomic mass is 9.90. The quantitative estimate of drug-likeness (QED) is 0.396. The summed E-state index contributed by atoms with van der Waals surface area (Å²) in [6.07, 6.45) is 1.98. The van der Waals surface area contributed by atoms with Gasteiger partial charge in [-0.15, -0.1) is 0 Å². The van der Waals surface area contributed by atoms with Crippen molar-refractivity contribution >= 4 is 5.97 Å². The van der Waals surface area contributed by atoms with Crippen LogP contribution in [0.2, 0.25) is 0 Å². The largest absolute Gasteiger partial charge is 0.492 e. The van der Waals surface area contributed by atoms with Crippen LogP contribution in [-0.4, -0.2) is 37.0 Å². The van der Waals surface area contributed by atoms with E-state index in [2.05, 4.69) is 26.0 Å². The fourth-order valence-electron chi connectivity index (χ4n) is 6.11. The first-order valence-electron chi connectivity index (χ1n) is 13.2. The summed E-state index contributed by atoms with van der Waals surface area (Å²) in [7, 11) is 0. The molecule has 0 saturated carbocycles. The van der Waals surface area contributed by atoms with E-state index >= 15 is 4.39 Å². The van der Waals surface area contributed by atoms with E-state index < -0.39 is 12.1 Å². The second kappa shape index (κ2) is 9.95. The third-order valence-corrected chi connectivity index (χ3v) is 7.81. The summed E-state index contributed by atoms with van der Waals surface area (Å²) in [6, 6.07) is 13.0. The Bertz CT molecular complexity index is 1370. The van der Waals surface area contributed by atoms with E-state index in [4.69, 9.17) is 24.1 Å². The van der Waals surface area contributed by atoms with Gasteiger partial charge < -0.3 is 24.1 Å². The van der Waals surface area contributed by atoms with Crippen molar-refractivity contribution in [3.63, 3.8) is 0 Å². The summed E-state index contributed by atoms with van der Waals surface area (Å²) >= 11 is 0. The predicted octanol–water partition coefficient (Wildman–Crippen LogP) is 6.29. The molecule has 0 amide bonds. The Morgan fingerprint density at radius 2 is 1.84 bits per heavy atom. The lowest BCUT2D eigenvalue weighted by molar-refractivity contribution is -0.137. The molecule has 3 aromatic rings. The Hall–Kier alpha value is -3.58. The molecule has 198 valence electrons. The highest BCUT2D eigenvalue weighted by Crippen LogP contribution is 2.45. The lowest BCUT2D eigenvalue weighted by Crippen LogP contribution is -2.15. The molecule has 7 heteroatoms. The van der Waals surface area contributed by atoms with Crippen LogP contribution >= 0.6 is 0 Å². The molecule has 6 rings (SSSR count). The molecular formula is C31H31FO6. The van der Waals surface area contributed by atoms with Gasteiger partial charge in [0.2, 0.25) is 0 Å². The first-order valence-corrected chi connectivity index (χ1v) is 13.2. The summed E-state index contributed by atoms with van der Waals surface area (Å²) in [5.41, 5.74) is 6.78.